The van der Waals surface area contributed by atoms with Gasteiger partial charge in [0, 0.05) is 6.54 Å². The van der Waals surface area contributed by atoms with Gasteiger partial charge in [-0.3, -0.25) is 0 Å². The minimum atomic E-state index is -0.0417. The Morgan fingerprint density at radius 1 is 1.36 bits per heavy atom. The van der Waals surface area contributed by atoms with Crippen molar-refractivity contribution in [1.82, 2.24) is 4.90 Å². The van der Waals surface area contributed by atoms with E-state index >= 15 is 0 Å². The lowest BCUT2D eigenvalue weighted by Crippen LogP contribution is -2.20. The minimum Gasteiger partial charge on any atom is -0.393 e. The highest BCUT2D eigenvalue weighted by Gasteiger charge is 2.29. The zero-order chi connectivity index (χ0) is 8.43. The Bertz CT molecular complexity index is 112. The van der Waals surface area contributed by atoms with Gasteiger partial charge >= 0.3 is 0 Å². The van der Waals surface area contributed by atoms with Gasteiger partial charge in [-0.25, -0.2) is 0 Å². The van der Waals surface area contributed by atoms with E-state index in [9.17, 15) is 5.11 Å². The van der Waals surface area contributed by atoms with Crippen LogP contribution < -0.4 is 0 Å². The highest BCUT2D eigenvalue weighted by atomic mass is 16.3. The van der Waals surface area contributed by atoms with Crippen molar-refractivity contribution in [3.63, 3.8) is 0 Å². The van der Waals surface area contributed by atoms with Crippen molar-refractivity contribution in [3.8, 4) is 0 Å². The fourth-order valence-electron chi connectivity index (χ4n) is 2.02. The Balaban J connectivity index is 2.29. The normalized spacial score (nSPS) is 38.5. The van der Waals surface area contributed by atoms with Crippen LogP contribution in [0.4, 0.5) is 0 Å². The van der Waals surface area contributed by atoms with Crippen molar-refractivity contribution < 1.29 is 5.11 Å². The number of aliphatic hydroxyl groups excluding tert-OH is 1. The van der Waals surface area contributed by atoms with Crippen molar-refractivity contribution in [1.29, 1.82) is 0 Å². The van der Waals surface area contributed by atoms with Crippen molar-refractivity contribution in [2.45, 2.75) is 25.9 Å². The summed E-state index contributed by atoms with van der Waals surface area (Å²) in [7, 11) is 4.19. The summed E-state index contributed by atoms with van der Waals surface area (Å²) in [5, 5.41) is 9.46. The fraction of sp³-hybridized carbons (Fsp3) is 1.00. The average molecular weight is 157 g/mol. The Morgan fingerprint density at radius 3 is 2.36 bits per heavy atom. The number of hydrogen-bond acceptors (Lipinski definition) is 2. The SMILES string of the molecule is C[C@@H]1C[C@@H](CN(C)C)C[C@H]1O. The number of hydrogen-bond donors (Lipinski definition) is 1. The first-order chi connectivity index (χ1) is 5.09. The van der Waals surface area contributed by atoms with E-state index in [4.69, 9.17) is 0 Å². The van der Waals surface area contributed by atoms with Crippen molar-refractivity contribution in [3.05, 3.63) is 0 Å². The molecule has 1 N–H and O–H groups in total. The number of nitrogens with zero attached hydrogens (tertiary/aromatic N) is 1. The minimum absolute atomic E-state index is 0.0417. The van der Waals surface area contributed by atoms with Gasteiger partial charge in [0.25, 0.3) is 0 Å². The smallest absolute Gasteiger partial charge is 0.0569 e. The van der Waals surface area contributed by atoms with Crippen LogP contribution >= 0.6 is 0 Å². The molecule has 0 unspecified atom stereocenters. The second-order valence-corrected chi connectivity index (χ2v) is 4.14. The Morgan fingerprint density at radius 2 is 2.00 bits per heavy atom. The summed E-state index contributed by atoms with van der Waals surface area (Å²) in [5.74, 6) is 1.23. The van der Waals surface area contributed by atoms with Gasteiger partial charge in [-0.1, -0.05) is 6.92 Å². The largest absolute Gasteiger partial charge is 0.393 e. The summed E-state index contributed by atoms with van der Waals surface area (Å²) < 4.78 is 0. The van der Waals surface area contributed by atoms with Crippen LogP contribution in [0.1, 0.15) is 19.8 Å². The monoisotopic (exact) mass is 157 g/mol. The molecule has 66 valence electrons. The topological polar surface area (TPSA) is 23.5 Å². The standard InChI is InChI=1S/C9H19NO/c1-7-4-8(5-9(7)11)6-10(2)3/h7-9,11H,4-6H2,1-3H3/t7-,8-,9-/m1/s1. The molecule has 1 aliphatic rings. The van der Waals surface area contributed by atoms with Gasteiger partial charge in [0.1, 0.15) is 0 Å². The van der Waals surface area contributed by atoms with Crippen LogP contribution in [0, 0.1) is 11.8 Å². The van der Waals surface area contributed by atoms with Crippen molar-refractivity contribution >= 4 is 0 Å². The average Bonchev–Trinajstić information content (AvgIpc) is 2.10. The quantitative estimate of drug-likeness (QED) is 0.645. The van der Waals surface area contributed by atoms with Crippen LogP contribution in [0.15, 0.2) is 0 Å². The summed E-state index contributed by atoms with van der Waals surface area (Å²) in [6, 6.07) is 0. The zero-order valence-corrected chi connectivity index (χ0v) is 7.75. The molecule has 0 saturated heterocycles. The summed E-state index contributed by atoms with van der Waals surface area (Å²) in [6.07, 6.45) is 2.15. The molecule has 1 aliphatic carbocycles. The van der Waals surface area contributed by atoms with Crippen LogP contribution in [0.3, 0.4) is 0 Å². The maximum absolute atomic E-state index is 9.46. The van der Waals surface area contributed by atoms with Gasteiger partial charge in [0.05, 0.1) is 6.10 Å². The molecule has 1 rings (SSSR count). The first kappa shape index (κ1) is 9.01. The second kappa shape index (κ2) is 3.55. The van der Waals surface area contributed by atoms with Crippen LogP contribution in [0.5, 0.6) is 0 Å². The van der Waals surface area contributed by atoms with E-state index < -0.39 is 0 Å². The molecule has 0 aromatic rings. The number of rotatable bonds is 2. The van der Waals surface area contributed by atoms with E-state index in [2.05, 4.69) is 25.9 Å². The highest BCUT2D eigenvalue weighted by molar-refractivity contribution is 4.81. The molecule has 0 heterocycles. The van der Waals surface area contributed by atoms with Crippen molar-refractivity contribution in [2.24, 2.45) is 11.8 Å². The maximum atomic E-state index is 9.46. The summed E-state index contributed by atoms with van der Waals surface area (Å²) in [6.45, 7) is 3.27. The Kier molecular flexibility index (Phi) is 2.90. The van der Waals surface area contributed by atoms with Crippen LogP contribution in [-0.2, 0) is 0 Å². The van der Waals surface area contributed by atoms with E-state index in [1.165, 1.54) is 6.42 Å². The third-order valence-corrected chi connectivity index (χ3v) is 2.56. The summed E-state index contributed by atoms with van der Waals surface area (Å²) >= 11 is 0. The van der Waals surface area contributed by atoms with Crippen LogP contribution in [0.2, 0.25) is 0 Å². The lowest BCUT2D eigenvalue weighted by atomic mass is 10.1. The lowest BCUT2D eigenvalue weighted by molar-refractivity contribution is 0.138. The predicted molar refractivity (Wildman–Crippen MR) is 46.4 cm³/mol. The van der Waals surface area contributed by atoms with Gasteiger partial charge in [-0.05, 0) is 38.8 Å². The lowest BCUT2D eigenvalue weighted by Gasteiger charge is -2.14. The summed E-state index contributed by atoms with van der Waals surface area (Å²) in [5.41, 5.74) is 0. The molecule has 1 fully saturated rings. The first-order valence-corrected chi connectivity index (χ1v) is 4.42. The first-order valence-electron chi connectivity index (χ1n) is 4.42. The Labute approximate surface area is 69.2 Å². The molecule has 0 spiro atoms. The molecule has 0 aromatic carbocycles. The van der Waals surface area contributed by atoms with Crippen LogP contribution in [0.25, 0.3) is 0 Å². The van der Waals surface area contributed by atoms with E-state index in [0.717, 1.165) is 18.9 Å². The van der Waals surface area contributed by atoms with Gasteiger partial charge in [0.2, 0.25) is 0 Å². The molecule has 2 nitrogen and oxygen atoms in total. The van der Waals surface area contributed by atoms with Gasteiger partial charge in [0.15, 0.2) is 0 Å². The molecule has 0 radical (unpaired) electrons. The van der Waals surface area contributed by atoms with Crippen molar-refractivity contribution in [2.75, 3.05) is 20.6 Å². The van der Waals surface area contributed by atoms with Gasteiger partial charge in [-0.15, -0.1) is 0 Å². The zero-order valence-electron chi connectivity index (χ0n) is 7.75. The van der Waals surface area contributed by atoms with Gasteiger partial charge < -0.3 is 10.0 Å². The molecule has 3 atom stereocenters. The molecule has 1 saturated carbocycles. The molecule has 0 aliphatic heterocycles. The third-order valence-electron chi connectivity index (χ3n) is 2.56. The molecule has 11 heavy (non-hydrogen) atoms. The molecule has 2 heteroatoms. The van der Waals surface area contributed by atoms with E-state index in [0.29, 0.717) is 5.92 Å². The van der Waals surface area contributed by atoms with E-state index in [-0.39, 0.29) is 6.10 Å². The molecular formula is C9H19NO. The third kappa shape index (κ3) is 2.46. The maximum Gasteiger partial charge on any atom is 0.0569 e. The molecule has 0 amide bonds. The van der Waals surface area contributed by atoms with Gasteiger partial charge in [-0.2, -0.15) is 0 Å². The van der Waals surface area contributed by atoms with E-state index in [1.807, 2.05) is 0 Å². The second-order valence-electron chi connectivity index (χ2n) is 4.14. The number of aliphatic hydroxyl groups is 1. The molecule has 0 bridgehead atoms. The Hall–Kier alpha value is -0.0800. The molecular weight excluding hydrogens is 138 g/mol. The van der Waals surface area contributed by atoms with Crippen LogP contribution in [-0.4, -0.2) is 36.8 Å². The fourth-order valence-corrected chi connectivity index (χ4v) is 2.02. The molecule has 0 aromatic heterocycles. The van der Waals surface area contributed by atoms with E-state index in [1.54, 1.807) is 0 Å². The summed E-state index contributed by atoms with van der Waals surface area (Å²) in [4.78, 5) is 2.20. The predicted octanol–water partition coefficient (Wildman–Crippen LogP) is 0.955. The highest BCUT2D eigenvalue weighted by Crippen LogP contribution is 2.30.